The zero-order valence-electron chi connectivity index (χ0n) is 23.7. The summed E-state index contributed by atoms with van der Waals surface area (Å²) in [6.07, 6.45) is 35.9. The van der Waals surface area contributed by atoms with Gasteiger partial charge < -0.3 is 4.74 Å². The molecule has 0 fully saturated rings. The lowest BCUT2D eigenvalue weighted by molar-refractivity contribution is -0.150. The zero-order valence-corrected chi connectivity index (χ0v) is 23.7. The Morgan fingerprint density at radius 2 is 0.912 bits per heavy atom. The van der Waals surface area contributed by atoms with E-state index >= 15 is 0 Å². The van der Waals surface area contributed by atoms with Crippen LogP contribution in [0.15, 0.2) is 12.2 Å². The number of carbonyl (C=O) groups is 1. The van der Waals surface area contributed by atoms with E-state index in [1.165, 1.54) is 128 Å². The van der Waals surface area contributed by atoms with Crippen molar-refractivity contribution in [2.75, 3.05) is 0 Å². The third kappa shape index (κ3) is 25.8. The number of esters is 1. The topological polar surface area (TPSA) is 26.3 Å². The second-order valence-corrected chi connectivity index (χ2v) is 10.5. The predicted molar refractivity (Wildman–Crippen MR) is 151 cm³/mol. The van der Waals surface area contributed by atoms with Crippen LogP contribution < -0.4 is 0 Å². The molecule has 0 bridgehead atoms. The zero-order chi connectivity index (χ0) is 25.0. The molecule has 2 nitrogen and oxygen atoms in total. The number of carbonyl (C=O) groups excluding carboxylic acids is 1. The van der Waals surface area contributed by atoms with E-state index < -0.39 is 0 Å². The average molecular weight is 479 g/mol. The van der Waals surface area contributed by atoms with Crippen molar-refractivity contribution in [3.8, 4) is 0 Å². The van der Waals surface area contributed by atoms with Gasteiger partial charge in [-0.1, -0.05) is 129 Å². The van der Waals surface area contributed by atoms with Gasteiger partial charge in [-0.3, -0.25) is 4.79 Å². The van der Waals surface area contributed by atoms with Crippen LogP contribution in [0.5, 0.6) is 0 Å². The van der Waals surface area contributed by atoms with Gasteiger partial charge in [0, 0.05) is 6.42 Å². The molecule has 0 saturated heterocycles. The molecule has 0 N–H and O–H groups in total. The molecule has 0 aromatic rings. The van der Waals surface area contributed by atoms with E-state index in [4.69, 9.17) is 4.74 Å². The van der Waals surface area contributed by atoms with Gasteiger partial charge in [-0.15, -0.1) is 0 Å². The fourth-order valence-electron chi connectivity index (χ4n) is 4.62. The highest BCUT2D eigenvalue weighted by molar-refractivity contribution is 5.69. The molecule has 0 amide bonds. The van der Waals surface area contributed by atoms with Gasteiger partial charge in [0.2, 0.25) is 0 Å². The Labute approximate surface area is 215 Å². The van der Waals surface area contributed by atoms with Crippen LogP contribution >= 0.6 is 0 Å². The summed E-state index contributed by atoms with van der Waals surface area (Å²) in [5.41, 5.74) is 0. The van der Waals surface area contributed by atoms with Gasteiger partial charge in [0.15, 0.2) is 0 Å². The monoisotopic (exact) mass is 478 g/mol. The van der Waals surface area contributed by atoms with Gasteiger partial charge in [0.25, 0.3) is 0 Å². The summed E-state index contributed by atoms with van der Waals surface area (Å²) < 4.78 is 5.91. The molecule has 0 aromatic heterocycles. The molecule has 202 valence electrons. The van der Waals surface area contributed by atoms with E-state index in [9.17, 15) is 4.79 Å². The molecule has 2 heteroatoms. The maximum absolute atomic E-state index is 12.4. The van der Waals surface area contributed by atoms with Gasteiger partial charge in [-0.25, -0.2) is 0 Å². The second-order valence-electron chi connectivity index (χ2n) is 10.5. The highest BCUT2D eigenvalue weighted by Gasteiger charge is 2.14. The van der Waals surface area contributed by atoms with E-state index in [0.717, 1.165) is 25.7 Å². The Hall–Kier alpha value is -0.790. The predicted octanol–water partition coefficient (Wildman–Crippen LogP) is 11.3. The van der Waals surface area contributed by atoms with Gasteiger partial charge >= 0.3 is 5.97 Å². The third-order valence-corrected chi connectivity index (χ3v) is 6.95. The Morgan fingerprint density at radius 3 is 1.41 bits per heavy atom. The largest absolute Gasteiger partial charge is 0.462 e. The average Bonchev–Trinajstić information content (AvgIpc) is 2.83. The minimum atomic E-state index is 0.0478. The van der Waals surface area contributed by atoms with E-state index in [0.29, 0.717) is 6.42 Å². The van der Waals surface area contributed by atoms with Crippen LogP contribution in [-0.4, -0.2) is 12.1 Å². The molecule has 0 rings (SSSR count). The normalized spacial score (nSPS) is 12.4. The lowest BCUT2D eigenvalue weighted by atomic mass is 10.0. The Morgan fingerprint density at radius 1 is 0.529 bits per heavy atom. The molecule has 1 atom stereocenters. The Bertz CT molecular complexity index is 429. The number of rotatable bonds is 27. The molecule has 0 spiro atoms. The second kappa shape index (κ2) is 28.4. The molecule has 0 aliphatic carbocycles. The molecule has 0 aromatic carbocycles. The molecule has 0 aliphatic rings. The van der Waals surface area contributed by atoms with Crippen LogP contribution in [0.1, 0.15) is 181 Å². The van der Waals surface area contributed by atoms with E-state index in [1.807, 2.05) is 0 Å². The van der Waals surface area contributed by atoms with Crippen LogP contribution in [-0.2, 0) is 9.53 Å². The fraction of sp³-hybridized carbons (Fsp3) is 0.906. The van der Waals surface area contributed by atoms with E-state index in [2.05, 4.69) is 32.9 Å². The summed E-state index contributed by atoms with van der Waals surface area (Å²) in [6, 6.07) is 0. The number of allylic oxidation sites excluding steroid dienone is 2. The van der Waals surface area contributed by atoms with Gasteiger partial charge in [-0.2, -0.15) is 0 Å². The number of hydrogen-bond donors (Lipinski definition) is 0. The molecular formula is C32H62O2. The standard InChI is InChI=1S/C32H62O2/c1-4-7-10-13-14-15-16-17-18-19-20-21-22-24-27-30-32(33)34-31(28-25-12-9-6-3)29-26-23-11-8-5-2/h17-18,31H,4-16,19-30H2,1-3H3/b18-17-. The van der Waals surface area contributed by atoms with Crippen LogP contribution in [0, 0.1) is 0 Å². The van der Waals surface area contributed by atoms with Crippen LogP contribution in [0.2, 0.25) is 0 Å². The van der Waals surface area contributed by atoms with E-state index in [-0.39, 0.29) is 12.1 Å². The molecule has 0 saturated carbocycles. The first-order valence-corrected chi connectivity index (χ1v) is 15.6. The minimum Gasteiger partial charge on any atom is -0.462 e. The molecule has 0 aliphatic heterocycles. The van der Waals surface area contributed by atoms with Crippen molar-refractivity contribution in [1.82, 2.24) is 0 Å². The summed E-state index contributed by atoms with van der Waals surface area (Å²) in [7, 11) is 0. The smallest absolute Gasteiger partial charge is 0.306 e. The quantitative estimate of drug-likeness (QED) is 0.0666. The summed E-state index contributed by atoms with van der Waals surface area (Å²) in [6.45, 7) is 6.78. The van der Waals surface area contributed by atoms with Crippen molar-refractivity contribution < 1.29 is 9.53 Å². The van der Waals surface area contributed by atoms with Gasteiger partial charge in [0.1, 0.15) is 6.10 Å². The molecule has 0 radical (unpaired) electrons. The summed E-state index contributed by atoms with van der Waals surface area (Å²) in [5, 5.41) is 0. The van der Waals surface area contributed by atoms with Crippen molar-refractivity contribution in [3.63, 3.8) is 0 Å². The Balaban J connectivity index is 3.73. The first kappa shape index (κ1) is 33.2. The summed E-state index contributed by atoms with van der Waals surface area (Å²) >= 11 is 0. The van der Waals surface area contributed by atoms with E-state index in [1.54, 1.807) is 0 Å². The summed E-state index contributed by atoms with van der Waals surface area (Å²) in [5.74, 6) is 0.0478. The maximum Gasteiger partial charge on any atom is 0.306 e. The number of ether oxygens (including phenoxy) is 1. The fourth-order valence-corrected chi connectivity index (χ4v) is 4.62. The Kier molecular flexibility index (Phi) is 27.8. The first-order valence-electron chi connectivity index (χ1n) is 15.6. The summed E-state index contributed by atoms with van der Waals surface area (Å²) in [4.78, 5) is 12.4. The first-order chi connectivity index (χ1) is 16.7. The van der Waals surface area contributed by atoms with Crippen molar-refractivity contribution in [3.05, 3.63) is 12.2 Å². The third-order valence-electron chi connectivity index (χ3n) is 6.95. The van der Waals surface area contributed by atoms with Gasteiger partial charge in [-0.05, 0) is 57.8 Å². The SMILES string of the molecule is CCCCCCCC/C=C\CCCCCCCC(=O)OC(CCCCCC)CCCCCCC. The van der Waals surface area contributed by atoms with Crippen LogP contribution in [0.4, 0.5) is 0 Å². The van der Waals surface area contributed by atoms with Gasteiger partial charge in [0.05, 0.1) is 0 Å². The molecule has 0 heterocycles. The number of unbranched alkanes of at least 4 members (excludes halogenated alkanes) is 18. The molecule has 1 unspecified atom stereocenters. The van der Waals surface area contributed by atoms with Crippen molar-refractivity contribution >= 4 is 5.97 Å². The minimum absolute atomic E-state index is 0.0478. The maximum atomic E-state index is 12.4. The molecular weight excluding hydrogens is 416 g/mol. The highest BCUT2D eigenvalue weighted by atomic mass is 16.5. The van der Waals surface area contributed by atoms with Crippen LogP contribution in [0.3, 0.4) is 0 Å². The van der Waals surface area contributed by atoms with Crippen molar-refractivity contribution in [2.24, 2.45) is 0 Å². The lowest BCUT2D eigenvalue weighted by Crippen LogP contribution is -2.18. The molecule has 34 heavy (non-hydrogen) atoms. The lowest BCUT2D eigenvalue weighted by Gasteiger charge is -2.18. The number of hydrogen-bond acceptors (Lipinski definition) is 2. The highest BCUT2D eigenvalue weighted by Crippen LogP contribution is 2.17. The van der Waals surface area contributed by atoms with Crippen molar-refractivity contribution in [2.45, 2.75) is 187 Å². The van der Waals surface area contributed by atoms with Crippen molar-refractivity contribution in [1.29, 1.82) is 0 Å². The van der Waals surface area contributed by atoms with Crippen LogP contribution in [0.25, 0.3) is 0 Å².